The van der Waals surface area contributed by atoms with Crippen LogP contribution in [-0.2, 0) is 0 Å². The van der Waals surface area contributed by atoms with Gasteiger partial charge in [-0.2, -0.15) is 0 Å². The highest BCUT2D eigenvalue weighted by Gasteiger charge is 2.01. The van der Waals surface area contributed by atoms with E-state index in [4.69, 9.17) is 0 Å². The highest BCUT2D eigenvalue weighted by Crippen LogP contribution is 2.10. The lowest BCUT2D eigenvalue weighted by Gasteiger charge is -2.13. The van der Waals surface area contributed by atoms with Crippen molar-refractivity contribution in [3.05, 3.63) is 35.9 Å². The Bertz CT molecular complexity index is 218. The summed E-state index contributed by atoms with van der Waals surface area (Å²) in [5.74, 6) is 0. The van der Waals surface area contributed by atoms with Crippen LogP contribution in [0, 0.1) is 0 Å². The van der Waals surface area contributed by atoms with E-state index in [9.17, 15) is 0 Å². The first-order valence-corrected chi connectivity index (χ1v) is 5.13. The van der Waals surface area contributed by atoms with Gasteiger partial charge in [0.1, 0.15) is 0 Å². The maximum atomic E-state index is 3.50. The van der Waals surface area contributed by atoms with Gasteiger partial charge in [-0.1, -0.05) is 43.7 Å². The number of benzene rings is 1. The molecule has 0 unspecified atom stereocenters. The number of unbranched alkanes of at least 4 members (excludes halogenated alkanes) is 1. The Morgan fingerprint density at radius 2 is 1.92 bits per heavy atom. The molecular formula is C12H19N. The summed E-state index contributed by atoms with van der Waals surface area (Å²) in [7, 11) is 0. The van der Waals surface area contributed by atoms with Gasteiger partial charge in [0, 0.05) is 6.04 Å². The molecule has 0 radical (unpaired) electrons. The minimum Gasteiger partial charge on any atom is -0.310 e. The normalized spacial score (nSPS) is 12.8. The zero-order valence-electron chi connectivity index (χ0n) is 8.59. The molecule has 1 heteroatoms. The summed E-state index contributed by atoms with van der Waals surface area (Å²) in [6, 6.07) is 11.1. The monoisotopic (exact) mass is 177 g/mol. The molecule has 72 valence electrons. The molecule has 1 aromatic carbocycles. The molecule has 1 rings (SSSR count). The third-order valence-electron chi connectivity index (χ3n) is 2.28. The lowest BCUT2D eigenvalue weighted by molar-refractivity contribution is 0.554. The van der Waals surface area contributed by atoms with Crippen molar-refractivity contribution >= 4 is 0 Å². The number of hydrogen-bond donors (Lipinski definition) is 1. The van der Waals surface area contributed by atoms with Crippen LogP contribution < -0.4 is 5.32 Å². The van der Waals surface area contributed by atoms with Crippen molar-refractivity contribution < 1.29 is 0 Å². The summed E-state index contributed by atoms with van der Waals surface area (Å²) < 4.78 is 0. The maximum absolute atomic E-state index is 3.50. The molecule has 1 atom stereocenters. The second-order valence-corrected chi connectivity index (χ2v) is 3.44. The fourth-order valence-corrected chi connectivity index (χ4v) is 1.35. The Morgan fingerprint density at radius 3 is 2.54 bits per heavy atom. The SMILES string of the molecule is CCCCN[C@@H](C)c1ccccc1. The zero-order valence-corrected chi connectivity index (χ0v) is 8.59. The van der Waals surface area contributed by atoms with Crippen molar-refractivity contribution in [1.82, 2.24) is 5.32 Å². The zero-order chi connectivity index (χ0) is 9.52. The number of rotatable bonds is 5. The standard InChI is InChI=1S/C12H19N/c1-3-4-10-13-11(2)12-8-6-5-7-9-12/h5-9,11,13H,3-4,10H2,1-2H3/t11-/m0/s1. The largest absolute Gasteiger partial charge is 0.310 e. The fraction of sp³-hybridized carbons (Fsp3) is 0.500. The van der Waals surface area contributed by atoms with Crippen molar-refractivity contribution in [2.75, 3.05) is 6.54 Å². The molecule has 0 aliphatic rings. The van der Waals surface area contributed by atoms with Crippen LogP contribution in [-0.4, -0.2) is 6.54 Å². The Kier molecular flexibility index (Phi) is 4.55. The molecule has 1 aromatic rings. The van der Waals surface area contributed by atoms with E-state index in [2.05, 4.69) is 49.5 Å². The number of hydrogen-bond acceptors (Lipinski definition) is 1. The van der Waals surface area contributed by atoms with Crippen LogP contribution >= 0.6 is 0 Å². The maximum Gasteiger partial charge on any atom is 0.0291 e. The summed E-state index contributed by atoms with van der Waals surface area (Å²) in [4.78, 5) is 0. The van der Waals surface area contributed by atoms with Gasteiger partial charge in [-0.05, 0) is 25.5 Å². The van der Waals surface area contributed by atoms with Crippen molar-refractivity contribution in [2.24, 2.45) is 0 Å². The van der Waals surface area contributed by atoms with Crippen molar-refractivity contribution in [1.29, 1.82) is 0 Å². The van der Waals surface area contributed by atoms with E-state index < -0.39 is 0 Å². The summed E-state index contributed by atoms with van der Waals surface area (Å²) >= 11 is 0. The van der Waals surface area contributed by atoms with Crippen molar-refractivity contribution in [2.45, 2.75) is 32.7 Å². The Hall–Kier alpha value is -0.820. The fourth-order valence-electron chi connectivity index (χ4n) is 1.35. The molecule has 0 saturated heterocycles. The Morgan fingerprint density at radius 1 is 1.23 bits per heavy atom. The smallest absolute Gasteiger partial charge is 0.0291 e. The lowest BCUT2D eigenvalue weighted by Crippen LogP contribution is -2.19. The molecule has 0 bridgehead atoms. The van der Waals surface area contributed by atoms with Crippen LogP contribution in [0.5, 0.6) is 0 Å². The molecule has 0 fully saturated rings. The first-order chi connectivity index (χ1) is 6.34. The van der Waals surface area contributed by atoms with Crippen molar-refractivity contribution in [3.63, 3.8) is 0 Å². The van der Waals surface area contributed by atoms with Gasteiger partial charge in [-0.15, -0.1) is 0 Å². The molecule has 13 heavy (non-hydrogen) atoms. The Balaban J connectivity index is 2.35. The quantitative estimate of drug-likeness (QED) is 0.681. The van der Waals surface area contributed by atoms with Gasteiger partial charge >= 0.3 is 0 Å². The summed E-state index contributed by atoms with van der Waals surface area (Å²) in [6.45, 7) is 5.55. The first-order valence-electron chi connectivity index (χ1n) is 5.13. The van der Waals surface area contributed by atoms with Gasteiger partial charge in [0.2, 0.25) is 0 Å². The van der Waals surface area contributed by atoms with Gasteiger partial charge in [0.05, 0.1) is 0 Å². The number of nitrogens with one attached hydrogen (secondary N) is 1. The van der Waals surface area contributed by atoms with Crippen LogP contribution in [0.3, 0.4) is 0 Å². The predicted molar refractivity (Wildman–Crippen MR) is 57.8 cm³/mol. The topological polar surface area (TPSA) is 12.0 Å². The third kappa shape index (κ3) is 3.60. The van der Waals surface area contributed by atoms with E-state index in [1.54, 1.807) is 0 Å². The summed E-state index contributed by atoms with van der Waals surface area (Å²) in [5.41, 5.74) is 1.37. The molecule has 0 heterocycles. The molecular weight excluding hydrogens is 158 g/mol. The molecule has 0 saturated carbocycles. The van der Waals surface area contributed by atoms with Crippen LogP contribution in [0.2, 0.25) is 0 Å². The van der Waals surface area contributed by atoms with Gasteiger partial charge in [0.25, 0.3) is 0 Å². The van der Waals surface area contributed by atoms with Crippen LogP contribution in [0.25, 0.3) is 0 Å². The summed E-state index contributed by atoms with van der Waals surface area (Å²) in [6.07, 6.45) is 2.52. The molecule has 1 N–H and O–H groups in total. The minimum absolute atomic E-state index is 0.479. The van der Waals surface area contributed by atoms with E-state index in [-0.39, 0.29) is 0 Å². The molecule has 0 amide bonds. The second-order valence-electron chi connectivity index (χ2n) is 3.44. The van der Waals surface area contributed by atoms with Crippen molar-refractivity contribution in [3.8, 4) is 0 Å². The van der Waals surface area contributed by atoms with Gasteiger partial charge in [0.15, 0.2) is 0 Å². The van der Waals surface area contributed by atoms with E-state index >= 15 is 0 Å². The van der Waals surface area contributed by atoms with Crippen LogP contribution in [0.15, 0.2) is 30.3 Å². The third-order valence-corrected chi connectivity index (χ3v) is 2.28. The highest BCUT2D eigenvalue weighted by molar-refractivity contribution is 5.17. The van der Waals surface area contributed by atoms with Gasteiger partial charge in [-0.3, -0.25) is 0 Å². The van der Waals surface area contributed by atoms with Crippen LogP contribution in [0.4, 0.5) is 0 Å². The van der Waals surface area contributed by atoms with E-state index in [0.29, 0.717) is 6.04 Å². The lowest BCUT2D eigenvalue weighted by atomic mass is 10.1. The van der Waals surface area contributed by atoms with E-state index in [1.165, 1.54) is 18.4 Å². The van der Waals surface area contributed by atoms with Crippen LogP contribution in [0.1, 0.15) is 38.3 Å². The first kappa shape index (κ1) is 10.3. The highest BCUT2D eigenvalue weighted by atomic mass is 14.9. The molecule has 0 aromatic heterocycles. The van der Waals surface area contributed by atoms with E-state index in [1.807, 2.05) is 0 Å². The van der Waals surface area contributed by atoms with E-state index in [0.717, 1.165) is 6.54 Å². The average Bonchev–Trinajstić information content (AvgIpc) is 2.19. The molecule has 0 aliphatic carbocycles. The molecule has 0 spiro atoms. The Labute approximate surface area is 81.2 Å². The second kappa shape index (κ2) is 5.76. The predicted octanol–water partition coefficient (Wildman–Crippen LogP) is 3.14. The van der Waals surface area contributed by atoms with Gasteiger partial charge in [-0.25, -0.2) is 0 Å². The average molecular weight is 177 g/mol. The molecule has 1 nitrogen and oxygen atoms in total. The molecule has 0 aliphatic heterocycles. The minimum atomic E-state index is 0.479. The summed E-state index contributed by atoms with van der Waals surface area (Å²) in [5, 5.41) is 3.50. The van der Waals surface area contributed by atoms with Gasteiger partial charge < -0.3 is 5.32 Å².